The van der Waals surface area contributed by atoms with Gasteiger partial charge in [0.1, 0.15) is 5.75 Å². The molecule has 3 N–H and O–H groups in total. The summed E-state index contributed by atoms with van der Waals surface area (Å²) in [4.78, 5) is 30.1. The van der Waals surface area contributed by atoms with Gasteiger partial charge in [0.2, 0.25) is 0 Å². The van der Waals surface area contributed by atoms with E-state index < -0.39 is 5.97 Å². The lowest BCUT2D eigenvalue weighted by Crippen LogP contribution is -2.08. The van der Waals surface area contributed by atoms with Gasteiger partial charge < -0.3 is 19.8 Å². The highest BCUT2D eigenvalue weighted by Crippen LogP contribution is 2.32. The average molecular weight is 475 g/mol. The molecule has 0 bridgehead atoms. The Morgan fingerprint density at radius 1 is 0.800 bits per heavy atom. The molecule has 0 amide bonds. The van der Waals surface area contributed by atoms with Crippen LogP contribution >= 0.6 is 0 Å². The van der Waals surface area contributed by atoms with Crippen molar-refractivity contribution in [3.05, 3.63) is 63.5 Å². The lowest BCUT2D eigenvalue weighted by atomic mass is 9.93. The van der Waals surface area contributed by atoms with Crippen LogP contribution in [0.1, 0.15) is 64.6 Å². The molecule has 6 nitrogen and oxygen atoms in total. The fraction of sp³-hybridized carbons (Fsp3) is 0.379. The molecule has 6 heteroatoms. The maximum absolute atomic E-state index is 12.6. The van der Waals surface area contributed by atoms with E-state index >= 15 is 0 Å². The van der Waals surface area contributed by atoms with Gasteiger partial charge in [0.25, 0.3) is 0 Å². The smallest absolute Gasteiger partial charge is 0.311 e. The number of aliphatic carboxylic acids is 1. The molecule has 4 rings (SSSR count). The summed E-state index contributed by atoms with van der Waals surface area (Å²) in [5.74, 6) is -0.490. The molecular weight excluding hydrogens is 440 g/mol. The minimum Gasteiger partial charge on any atom is -0.481 e. The number of fused-ring (bicyclic) bond motifs is 2. The quantitative estimate of drug-likeness (QED) is 0.190. The van der Waals surface area contributed by atoms with Crippen LogP contribution in [0.4, 0.5) is 0 Å². The van der Waals surface area contributed by atoms with E-state index in [2.05, 4.69) is 43.9 Å². The number of H-pyrrole nitrogens is 2. The monoisotopic (exact) mass is 474 g/mol. The Kier molecular flexibility index (Phi) is 7.01. The van der Waals surface area contributed by atoms with Crippen molar-refractivity contribution in [3.8, 4) is 5.75 Å². The summed E-state index contributed by atoms with van der Waals surface area (Å²) in [6, 6.07) is 3.73. The Morgan fingerprint density at radius 3 is 2.14 bits per heavy atom. The Balaban J connectivity index is 1.39. The summed E-state index contributed by atoms with van der Waals surface area (Å²) in [6.07, 6.45) is 7.30. The molecule has 2 heterocycles. The summed E-state index contributed by atoms with van der Waals surface area (Å²) < 4.78 is 5.67. The molecule has 2 aromatic heterocycles. The standard InChI is InChI=1S/C29H34N2O4/c1-16-12-23(13-24-27(16)21(14-30-24)8-6-10-25(32)33)35-26(34)11-7-9-22-15-31-29-20(5)18(3)17(2)19(4)28(22)29/h12-15,30-31H,6-11H2,1-5H3,(H,32,33). The minimum atomic E-state index is -0.782. The third-order valence-corrected chi connectivity index (χ3v) is 7.33. The van der Waals surface area contributed by atoms with Gasteiger partial charge in [0.15, 0.2) is 0 Å². The summed E-state index contributed by atoms with van der Waals surface area (Å²) in [5, 5.41) is 11.2. The average Bonchev–Trinajstić information content (AvgIpc) is 3.41. The van der Waals surface area contributed by atoms with Crippen LogP contribution < -0.4 is 4.74 Å². The molecule has 0 aliphatic carbocycles. The van der Waals surface area contributed by atoms with E-state index in [1.54, 1.807) is 0 Å². The molecule has 0 saturated carbocycles. The SMILES string of the molecule is Cc1c(C)c(C)c2c(CCCC(=O)Oc3cc(C)c4c(CCCC(=O)O)c[nH]c4c3)c[nH]c2c1C. The van der Waals surface area contributed by atoms with Crippen LogP contribution in [0.25, 0.3) is 21.8 Å². The van der Waals surface area contributed by atoms with Crippen molar-refractivity contribution < 1.29 is 19.4 Å². The lowest BCUT2D eigenvalue weighted by Gasteiger charge is -2.12. The Hall–Kier alpha value is -3.54. The van der Waals surface area contributed by atoms with Gasteiger partial charge in [0.05, 0.1) is 0 Å². The zero-order chi connectivity index (χ0) is 25.3. The molecule has 0 aliphatic rings. The zero-order valence-corrected chi connectivity index (χ0v) is 21.2. The molecule has 0 spiro atoms. The van der Waals surface area contributed by atoms with Crippen LogP contribution in [0.5, 0.6) is 5.75 Å². The first-order valence-corrected chi connectivity index (χ1v) is 12.3. The number of aryl methyl sites for hydroxylation is 5. The van der Waals surface area contributed by atoms with Gasteiger partial charge >= 0.3 is 11.9 Å². The fourth-order valence-corrected chi connectivity index (χ4v) is 5.15. The second-order valence-corrected chi connectivity index (χ2v) is 9.62. The van der Waals surface area contributed by atoms with Gasteiger partial charge in [-0.2, -0.15) is 0 Å². The third-order valence-electron chi connectivity index (χ3n) is 7.33. The van der Waals surface area contributed by atoms with E-state index in [0.29, 0.717) is 31.4 Å². The Morgan fingerprint density at radius 2 is 1.43 bits per heavy atom. The highest BCUT2D eigenvalue weighted by atomic mass is 16.5. The molecule has 0 saturated heterocycles. The Labute approximate surface area is 205 Å². The third kappa shape index (κ3) is 4.97. The number of carbonyl (C=O) groups excluding carboxylic acids is 1. The zero-order valence-electron chi connectivity index (χ0n) is 21.2. The Bertz CT molecular complexity index is 1420. The summed E-state index contributed by atoms with van der Waals surface area (Å²) in [7, 11) is 0. The number of hydrogen-bond acceptors (Lipinski definition) is 3. The maximum atomic E-state index is 12.6. The van der Waals surface area contributed by atoms with Crippen molar-refractivity contribution in [2.24, 2.45) is 0 Å². The second kappa shape index (κ2) is 9.98. The van der Waals surface area contributed by atoms with Crippen molar-refractivity contribution in [3.63, 3.8) is 0 Å². The molecule has 0 unspecified atom stereocenters. The van der Waals surface area contributed by atoms with Gasteiger partial charge in [-0.25, -0.2) is 0 Å². The highest BCUT2D eigenvalue weighted by Gasteiger charge is 2.15. The molecule has 0 atom stereocenters. The van der Waals surface area contributed by atoms with Gasteiger partial charge in [-0.1, -0.05) is 0 Å². The summed E-state index contributed by atoms with van der Waals surface area (Å²) in [5.41, 5.74) is 10.7. The lowest BCUT2D eigenvalue weighted by molar-refractivity contribution is -0.137. The number of hydrogen-bond donors (Lipinski definition) is 3. The molecule has 184 valence electrons. The minimum absolute atomic E-state index is 0.151. The van der Waals surface area contributed by atoms with E-state index in [-0.39, 0.29) is 12.4 Å². The van der Waals surface area contributed by atoms with Crippen LogP contribution in [0, 0.1) is 34.6 Å². The molecule has 4 aromatic rings. The topological polar surface area (TPSA) is 95.2 Å². The first-order valence-electron chi connectivity index (χ1n) is 12.3. The first kappa shape index (κ1) is 24.6. The van der Waals surface area contributed by atoms with Gasteiger partial charge in [-0.05, 0) is 105 Å². The van der Waals surface area contributed by atoms with E-state index in [0.717, 1.165) is 28.5 Å². The van der Waals surface area contributed by atoms with Crippen LogP contribution in [0.2, 0.25) is 0 Å². The highest BCUT2D eigenvalue weighted by molar-refractivity contribution is 5.91. The van der Waals surface area contributed by atoms with Gasteiger partial charge in [-0.3, -0.25) is 9.59 Å². The van der Waals surface area contributed by atoms with E-state index in [1.165, 1.54) is 38.7 Å². The number of carboxylic acids is 1. The number of benzene rings is 2. The molecule has 0 fully saturated rings. The number of carbonyl (C=O) groups is 2. The van der Waals surface area contributed by atoms with Crippen LogP contribution in [0.3, 0.4) is 0 Å². The normalized spacial score (nSPS) is 11.5. The number of rotatable bonds is 9. The number of aromatic nitrogens is 2. The van der Waals surface area contributed by atoms with Crippen molar-refractivity contribution in [1.29, 1.82) is 0 Å². The number of carboxylic acid groups (broad SMARTS) is 1. The van der Waals surface area contributed by atoms with Crippen LogP contribution in [0.15, 0.2) is 24.5 Å². The van der Waals surface area contributed by atoms with Crippen LogP contribution in [-0.2, 0) is 22.4 Å². The largest absolute Gasteiger partial charge is 0.481 e. The van der Waals surface area contributed by atoms with E-state index in [1.807, 2.05) is 25.3 Å². The number of esters is 1. The fourth-order valence-electron chi connectivity index (χ4n) is 5.15. The van der Waals surface area contributed by atoms with Crippen molar-refractivity contribution in [2.75, 3.05) is 0 Å². The summed E-state index contributed by atoms with van der Waals surface area (Å²) in [6.45, 7) is 10.7. The molecule has 35 heavy (non-hydrogen) atoms. The molecular formula is C29H34N2O4. The maximum Gasteiger partial charge on any atom is 0.311 e. The van der Waals surface area contributed by atoms with Gasteiger partial charge in [-0.15, -0.1) is 0 Å². The molecule has 2 aromatic carbocycles. The van der Waals surface area contributed by atoms with Crippen molar-refractivity contribution in [2.45, 2.75) is 73.1 Å². The van der Waals surface area contributed by atoms with Crippen molar-refractivity contribution >= 4 is 33.7 Å². The number of aromatic amines is 2. The van der Waals surface area contributed by atoms with Crippen LogP contribution in [-0.4, -0.2) is 27.0 Å². The number of ether oxygens (including phenoxy) is 1. The summed E-state index contributed by atoms with van der Waals surface area (Å²) >= 11 is 0. The molecule has 0 aliphatic heterocycles. The van der Waals surface area contributed by atoms with E-state index in [9.17, 15) is 9.59 Å². The van der Waals surface area contributed by atoms with E-state index in [4.69, 9.17) is 9.84 Å². The molecule has 0 radical (unpaired) electrons. The second-order valence-electron chi connectivity index (χ2n) is 9.62. The predicted molar refractivity (Wildman–Crippen MR) is 139 cm³/mol. The van der Waals surface area contributed by atoms with Crippen molar-refractivity contribution in [1.82, 2.24) is 9.97 Å². The first-order chi connectivity index (χ1) is 16.7. The predicted octanol–water partition coefficient (Wildman–Crippen LogP) is 6.53. The number of nitrogens with one attached hydrogen (secondary N) is 2. The van der Waals surface area contributed by atoms with Gasteiger partial charge in [0, 0.05) is 53.1 Å².